The number of rotatable bonds is 5. The van der Waals surface area contributed by atoms with Gasteiger partial charge in [-0.1, -0.05) is 30.3 Å². The molecule has 4 aromatic rings. The summed E-state index contributed by atoms with van der Waals surface area (Å²) in [6.07, 6.45) is 0. The number of nitro groups is 2. The van der Waals surface area contributed by atoms with Crippen LogP contribution in [0.25, 0.3) is 22.1 Å². The number of nitro benzene ring substituents is 2. The molecule has 1 heterocycles. The average Bonchev–Trinajstić information content (AvgIpc) is 2.76. The highest BCUT2D eigenvalue weighted by molar-refractivity contribution is 5.95. The van der Waals surface area contributed by atoms with E-state index in [-0.39, 0.29) is 17.1 Å². The number of hydrogen-bond donors (Lipinski definition) is 0. The molecule has 4 rings (SSSR count). The van der Waals surface area contributed by atoms with E-state index in [1.165, 1.54) is 6.07 Å². The summed E-state index contributed by atoms with van der Waals surface area (Å²) in [7, 11) is 0. The van der Waals surface area contributed by atoms with Crippen molar-refractivity contribution in [1.82, 2.24) is 0 Å². The largest absolute Gasteiger partial charge is 0.450 e. The second kappa shape index (κ2) is 7.71. The summed E-state index contributed by atoms with van der Waals surface area (Å²) >= 11 is 0. The summed E-state index contributed by atoms with van der Waals surface area (Å²) in [6.45, 7) is 1.66. The Balaban J connectivity index is 1.84. The van der Waals surface area contributed by atoms with E-state index in [2.05, 4.69) is 0 Å². The number of non-ortho nitro benzene ring substituents is 1. The van der Waals surface area contributed by atoms with E-state index in [0.29, 0.717) is 16.5 Å². The molecular weight excluding hydrogens is 404 g/mol. The smallest absolute Gasteiger partial charge is 0.336 e. The quantitative estimate of drug-likeness (QED) is 0.242. The van der Waals surface area contributed by atoms with E-state index < -0.39 is 26.8 Å². The first-order chi connectivity index (χ1) is 14.8. The number of ether oxygens (including phenoxy) is 1. The molecule has 3 aromatic carbocycles. The third-order valence-electron chi connectivity index (χ3n) is 4.77. The molecule has 0 aliphatic carbocycles. The SMILES string of the molecule is Cc1c(Oc2ccc([N+](=O)[O-])cc2[N+](=O)[O-])ccc2c(-c3ccccc3)cc(=O)oc12. The van der Waals surface area contributed by atoms with E-state index in [1.807, 2.05) is 30.3 Å². The van der Waals surface area contributed by atoms with Crippen molar-refractivity contribution in [2.45, 2.75) is 6.92 Å². The minimum Gasteiger partial charge on any atom is -0.450 e. The van der Waals surface area contributed by atoms with Crippen LogP contribution < -0.4 is 10.4 Å². The van der Waals surface area contributed by atoms with Crippen molar-refractivity contribution in [2.24, 2.45) is 0 Å². The van der Waals surface area contributed by atoms with Gasteiger partial charge in [-0.2, -0.15) is 0 Å². The summed E-state index contributed by atoms with van der Waals surface area (Å²) in [4.78, 5) is 33.0. The van der Waals surface area contributed by atoms with E-state index >= 15 is 0 Å². The molecule has 31 heavy (non-hydrogen) atoms. The predicted octanol–water partition coefficient (Wildman–Crippen LogP) is 5.38. The molecule has 0 aliphatic heterocycles. The Morgan fingerprint density at radius 2 is 1.58 bits per heavy atom. The molecule has 0 saturated heterocycles. The van der Waals surface area contributed by atoms with Crippen LogP contribution in [-0.4, -0.2) is 9.85 Å². The first-order valence-electron chi connectivity index (χ1n) is 9.08. The highest BCUT2D eigenvalue weighted by Crippen LogP contribution is 2.38. The fourth-order valence-electron chi connectivity index (χ4n) is 3.28. The number of hydrogen-bond acceptors (Lipinski definition) is 7. The zero-order chi connectivity index (χ0) is 22.1. The molecule has 1 aromatic heterocycles. The number of benzene rings is 3. The fourth-order valence-corrected chi connectivity index (χ4v) is 3.28. The zero-order valence-electron chi connectivity index (χ0n) is 16.1. The zero-order valence-corrected chi connectivity index (χ0v) is 16.1. The van der Waals surface area contributed by atoms with E-state index in [9.17, 15) is 25.0 Å². The average molecular weight is 418 g/mol. The van der Waals surface area contributed by atoms with Crippen molar-refractivity contribution in [2.75, 3.05) is 0 Å². The summed E-state index contributed by atoms with van der Waals surface area (Å²) in [5.74, 6) is 0.0532. The maximum Gasteiger partial charge on any atom is 0.336 e. The van der Waals surface area contributed by atoms with Crippen LogP contribution in [0.4, 0.5) is 11.4 Å². The van der Waals surface area contributed by atoms with Crippen LogP contribution in [0.3, 0.4) is 0 Å². The van der Waals surface area contributed by atoms with Gasteiger partial charge in [0.15, 0.2) is 0 Å². The minimum absolute atomic E-state index is 0.167. The van der Waals surface area contributed by atoms with Crippen LogP contribution in [-0.2, 0) is 0 Å². The molecule has 0 spiro atoms. The normalized spacial score (nSPS) is 10.7. The van der Waals surface area contributed by atoms with Crippen molar-refractivity contribution in [3.05, 3.63) is 103 Å². The highest BCUT2D eigenvalue weighted by Gasteiger charge is 2.22. The molecule has 154 valence electrons. The molecule has 0 fully saturated rings. The van der Waals surface area contributed by atoms with Gasteiger partial charge in [0, 0.05) is 23.1 Å². The molecule has 9 nitrogen and oxygen atoms in total. The lowest BCUT2D eigenvalue weighted by molar-refractivity contribution is -0.394. The number of nitrogens with zero attached hydrogens (tertiary/aromatic N) is 2. The monoisotopic (exact) mass is 418 g/mol. The Morgan fingerprint density at radius 3 is 2.26 bits per heavy atom. The minimum atomic E-state index is -0.758. The molecule has 0 radical (unpaired) electrons. The lowest BCUT2D eigenvalue weighted by Crippen LogP contribution is -2.01. The third-order valence-corrected chi connectivity index (χ3v) is 4.77. The van der Waals surface area contributed by atoms with Crippen LogP contribution in [0.1, 0.15) is 5.56 Å². The number of aryl methyl sites for hydroxylation is 1. The van der Waals surface area contributed by atoms with E-state index in [1.54, 1.807) is 19.1 Å². The molecule has 0 aliphatic rings. The van der Waals surface area contributed by atoms with Crippen LogP contribution in [0.15, 0.2) is 75.9 Å². The topological polar surface area (TPSA) is 126 Å². The second-order valence-corrected chi connectivity index (χ2v) is 6.68. The first kappa shape index (κ1) is 19.8. The summed E-state index contributed by atoms with van der Waals surface area (Å²) in [5.41, 5.74) is 0.740. The molecule has 0 N–H and O–H groups in total. The van der Waals surface area contributed by atoms with Crippen molar-refractivity contribution in [1.29, 1.82) is 0 Å². The van der Waals surface area contributed by atoms with Crippen molar-refractivity contribution in [3.8, 4) is 22.6 Å². The highest BCUT2D eigenvalue weighted by atomic mass is 16.6. The van der Waals surface area contributed by atoms with Crippen LogP contribution in [0, 0.1) is 27.2 Å². The Labute approximate surface area is 174 Å². The Bertz CT molecular complexity index is 1390. The number of fused-ring (bicyclic) bond motifs is 1. The summed E-state index contributed by atoms with van der Waals surface area (Å²) in [5, 5.41) is 23.0. The Kier molecular flexibility index (Phi) is 4.92. The van der Waals surface area contributed by atoms with Gasteiger partial charge >= 0.3 is 11.3 Å². The van der Waals surface area contributed by atoms with Gasteiger partial charge in [0.05, 0.1) is 15.9 Å². The lowest BCUT2D eigenvalue weighted by atomic mass is 10.0. The standard InChI is InChI=1S/C22H14N2O7/c1-13-19(30-20-9-7-15(23(26)27)11-18(20)24(28)29)10-8-16-17(12-21(25)31-22(13)16)14-5-3-2-4-6-14/h2-12H,1H3. The van der Waals surface area contributed by atoms with Crippen molar-refractivity contribution >= 4 is 22.3 Å². The third kappa shape index (κ3) is 3.71. The molecular formula is C22H14N2O7. The summed E-state index contributed by atoms with van der Waals surface area (Å²) in [6, 6.07) is 17.1. The Hall–Kier alpha value is -4.53. The molecule has 9 heteroatoms. The van der Waals surface area contributed by atoms with Gasteiger partial charge in [0.25, 0.3) is 5.69 Å². The van der Waals surface area contributed by atoms with Gasteiger partial charge in [0.1, 0.15) is 11.3 Å². The first-order valence-corrected chi connectivity index (χ1v) is 9.08. The molecule has 0 amide bonds. The molecule has 0 bridgehead atoms. The van der Waals surface area contributed by atoms with Gasteiger partial charge in [-0.3, -0.25) is 20.2 Å². The molecule has 0 saturated carbocycles. The van der Waals surface area contributed by atoms with E-state index in [4.69, 9.17) is 9.15 Å². The van der Waals surface area contributed by atoms with Crippen molar-refractivity contribution in [3.63, 3.8) is 0 Å². The summed E-state index contributed by atoms with van der Waals surface area (Å²) < 4.78 is 11.1. The van der Waals surface area contributed by atoms with Gasteiger partial charge in [-0.15, -0.1) is 0 Å². The molecule has 0 unspecified atom stereocenters. The second-order valence-electron chi connectivity index (χ2n) is 6.68. The van der Waals surface area contributed by atoms with E-state index in [0.717, 1.165) is 23.8 Å². The predicted molar refractivity (Wildman–Crippen MR) is 112 cm³/mol. The van der Waals surface area contributed by atoms with Crippen LogP contribution in [0.5, 0.6) is 11.5 Å². The Morgan fingerprint density at radius 1 is 0.871 bits per heavy atom. The van der Waals surface area contributed by atoms with Crippen molar-refractivity contribution < 1.29 is 19.0 Å². The van der Waals surface area contributed by atoms with Crippen LogP contribution in [0.2, 0.25) is 0 Å². The lowest BCUT2D eigenvalue weighted by Gasteiger charge is -2.12. The van der Waals surface area contributed by atoms with Gasteiger partial charge in [0.2, 0.25) is 5.75 Å². The van der Waals surface area contributed by atoms with Gasteiger partial charge in [-0.05, 0) is 36.2 Å². The fraction of sp³-hybridized carbons (Fsp3) is 0.0455. The van der Waals surface area contributed by atoms with Gasteiger partial charge in [-0.25, -0.2) is 4.79 Å². The van der Waals surface area contributed by atoms with Crippen LogP contribution >= 0.6 is 0 Å². The maximum atomic E-state index is 12.2. The molecule has 0 atom stereocenters. The maximum absolute atomic E-state index is 12.2. The van der Waals surface area contributed by atoms with Gasteiger partial charge < -0.3 is 9.15 Å².